The summed E-state index contributed by atoms with van der Waals surface area (Å²) in [6.45, 7) is 0. The Kier molecular flexibility index (Phi) is 3.12. The Morgan fingerprint density at radius 3 is 2.90 bits per heavy atom. The van der Waals surface area contributed by atoms with Gasteiger partial charge >= 0.3 is 0 Å². The van der Waals surface area contributed by atoms with Crippen LogP contribution in [0.2, 0.25) is 0 Å². The molecule has 1 aromatic carbocycles. The van der Waals surface area contributed by atoms with Crippen LogP contribution in [0.5, 0.6) is 0 Å². The van der Waals surface area contributed by atoms with Crippen LogP contribution in [0.25, 0.3) is 10.9 Å². The number of rotatable bonds is 3. The second kappa shape index (κ2) is 5.08. The van der Waals surface area contributed by atoms with Crippen LogP contribution in [-0.4, -0.2) is 22.0 Å². The van der Waals surface area contributed by atoms with E-state index in [4.69, 9.17) is 0 Å². The minimum atomic E-state index is -0.504. The van der Waals surface area contributed by atoms with Gasteiger partial charge in [0.1, 0.15) is 0 Å². The quantitative estimate of drug-likeness (QED) is 0.765. The standard InChI is InChI=1S/C14H12FN5/c1-16-14-18-8-11(15)13(20-14)19-10-4-5-12-9(7-10)3-2-6-17-12/h2-8H,1H3,(H2,16,18,19,20). The number of halogens is 1. The van der Waals surface area contributed by atoms with Crippen molar-refractivity contribution in [2.24, 2.45) is 0 Å². The topological polar surface area (TPSA) is 62.7 Å². The first kappa shape index (κ1) is 12.3. The summed E-state index contributed by atoms with van der Waals surface area (Å²) >= 11 is 0. The SMILES string of the molecule is CNc1ncc(F)c(Nc2ccc3ncccc3c2)n1. The summed E-state index contributed by atoms with van der Waals surface area (Å²) in [7, 11) is 1.68. The Hall–Kier alpha value is -2.76. The Balaban J connectivity index is 1.96. The number of hydrogen-bond donors (Lipinski definition) is 2. The first-order chi connectivity index (χ1) is 9.76. The van der Waals surface area contributed by atoms with Gasteiger partial charge in [0.25, 0.3) is 0 Å². The number of fused-ring (bicyclic) bond motifs is 1. The highest BCUT2D eigenvalue weighted by molar-refractivity contribution is 5.83. The Labute approximate surface area is 114 Å². The third-order valence-electron chi connectivity index (χ3n) is 2.83. The summed E-state index contributed by atoms with van der Waals surface area (Å²) in [5.41, 5.74) is 1.63. The third kappa shape index (κ3) is 2.35. The first-order valence-corrected chi connectivity index (χ1v) is 6.08. The van der Waals surface area contributed by atoms with Crippen molar-refractivity contribution in [2.75, 3.05) is 17.7 Å². The zero-order valence-corrected chi connectivity index (χ0v) is 10.8. The average Bonchev–Trinajstić information content (AvgIpc) is 2.49. The second-order valence-corrected chi connectivity index (χ2v) is 4.18. The van der Waals surface area contributed by atoms with E-state index in [0.717, 1.165) is 22.8 Å². The Morgan fingerprint density at radius 2 is 2.05 bits per heavy atom. The fourth-order valence-corrected chi connectivity index (χ4v) is 1.87. The van der Waals surface area contributed by atoms with Crippen molar-refractivity contribution in [3.63, 3.8) is 0 Å². The van der Waals surface area contributed by atoms with Gasteiger partial charge in [-0.05, 0) is 24.3 Å². The van der Waals surface area contributed by atoms with Gasteiger partial charge in [0.05, 0.1) is 11.7 Å². The fourth-order valence-electron chi connectivity index (χ4n) is 1.87. The zero-order valence-electron chi connectivity index (χ0n) is 10.8. The average molecular weight is 269 g/mol. The largest absolute Gasteiger partial charge is 0.357 e. The van der Waals surface area contributed by atoms with Crippen molar-refractivity contribution in [3.05, 3.63) is 48.5 Å². The lowest BCUT2D eigenvalue weighted by atomic mass is 10.2. The monoisotopic (exact) mass is 269 g/mol. The summed E-state index contributed by atoms with van der Waals surface area (Å²) < 4.78 is 13.7. The molecule has 0 unspecified atom stereocenters. The predicted octanol–water partition coefficient (Wildman–Crippen LogP) is 2.95. The van der Waals surface area contributed by atoms with E-state index in [1.54, 1.807) is 13.2 Å². The van der Waals surface area contributed by atoms with Crippen molar-refractivity contribution in [1.29, 1.82) is 0 Å². The molecular weight excluding hydrogens is 257 g/mol. The normalized spacial score (nSPS) is 10.5. The van der Waals surface area contributed by atoms with Gasteiger partial charge in [0.15, 0.2) is 11.6 Å². The summed E-state index contributed by atoms with van der Waals surface area (Å²) in [6, 6.07) is 9.40. The summed E-state index contributed by atoms with van der Waals surface area (Å²) in [5, 5.41) is 6.69. The number of pyridine rings is 1. The summed E-state index contributed by atoms with van der Waals surface area (Å²) in [4.78, 5) is 12.1. The van der Waals surface area contributed by atoms with Crippen molar-refractivity contribution in [2.45, 2.75) is 0 Å². The molecule has 0 aliphatic rings. The number of aromatic nitrogens is 3. The van der Waals surface area contributed by atoms with E-state index in [1.807, 2.05) is 30.3 Å². The molecule has 0 amide bonds. The smallest absolute Gasteiger partial charge is 0.224 e. The second-order valence-electron chi connectivity index (χ2n) is 4.18. The molecule has 0 saturated carbocycles. The number of anilines is 3. The third-order valence-corrected chi connectivity index (χ3v) is 2.83. The summed E-state index contributed by atoms with van der Waals surface area (Å²) in [5.74, 6) is -0.0146. The van der Waals surface area contributed by atoms with Crippen LogP contribution >= 0.6 is 0 Å². The van der Waals surface area contributed by atoms with Gasteiger partial charge < -0.3 is 10.6 Å². The maximum Gasteiger partial charge on any atom is 0.224 e. The van der Waals surface area contributed by atoms with Crippen LogP contribution in [0.3, 0.4) is 0 Å². The van der Waals surface area contributed by atoms with E-state index >= 15 is 0 Å². The lowest BCUT2D eigenvalue weighted by molar-refractivity contribution is 0.619. The van der Waals surface area contributed by atoms with Crippen LogP contribution in [0, 0.1) is 5.82 Å². The fraction of sp³-hybridized carbons (Fsp3) is 0.0714. The van der Waals surface area contributed by atoms with Crippen LogP contribution in [-0.2, 0) is 0 Å². The van der Waals surface area contributed by atoms with Crippen LogP contribution in [0.15, 0.2) is 42.7 Å². The molecule has 2 aromatic heterocycles. The summed E-state index contributed by atoms with van der Waals surface area (Å²) in [6.07, 6.45) is 2.86. The maximum absolute atomic E-state index is 13.7. The molecule has 0 aliphatic carbocycles. The highest BCUT2D eigenvalue weighted by Crippen LogP contribution is 2.22. The minimum absolute atomic E-state index is 0.132. The molecule has 6 heteroatoms. The van der Waals surface area contributed by atoms with Gasteiger partial charge in [0, 0.05) is 24.3 Å². The maximum atomic E-state index is 13.7. The van der Waals surface area contributed by atoms with Gasteiger partial charge in [-0.25, -0.2) is 9.37 Å². The van der Waals surface area contributed by atoms with Gasteiger partial charge in [-0.1, -0.05) is 6.07 Å². The highest BCUT2D eigenvalue weighted by atomic mass is 19.1. The molecule has 0 radical (unpaired) electrons. The van der Waals surface area contributed by atoms with E-state index < -0.39 is 5.82 Å². The molecule has 0 aliphatic heterocycles. The van der Waals surface area contributed by atoms with Crippen molar-refractivity contribution < 1.29 is 4.39 Å². The molecule has 0 bridgehead atoms. The number of hydrogen-bond acceptors (Lipinski definition) is 5. The van der Waals surface area contributed by atoms with Crippen molar-refractivity contribution >= 4 is 28.4 Å². The number of nitrogens with zero attached hydrogens (tertiary/aromatic N) is 3. The molecule has 2 heterocycles. The molecule has 100 valence electrons. The highest BCUT2D eigenvalue weighted by Gasteiger charge is 2.07. The molecule has 5 nitrogen and oxygen atoms in total. The van der Waals surface area contributed by atoms with E-state index in [2.05, 4.69) is 25.6 Å². The predicted molar refractivity (Wildman–Crippen MR) is 76.6 cm³/mol. The lowest BCUT2D eigenvalue weighted by Gasteiger charge is -2.08. The minimum Gasteiger partial charge on any atom is -0.357 e. The van der Waals surface area contributed by atoms with E-state index in [-0.39, 0.29) is 5.82 Å². The molecule has 0 atom stereocenters. The number of nitrogens with one attached hydrogen (secondary N) is 2. The van der Waals surface area contributed by atoms with Crippen molar-refractivity contribution in [3.8, 4) is 0 Å². The van der Waals surface area contributed by atoms with Crippen LogP contribution < -0.4 is 10.6 Å². The molecule has 20 heavy (non-hydrogen) atoms. The van der Waals surface area contributed by atoms with E-state index in [9.17, 15) is 4.39 Å². The number of benzene rings is 1. The van der Waals surface area contributed by atoms with Crippen molar-refractivity contribution in [1.82, 2.24) is 15.0 Å². The van der Waals surface area contributed by atoms with Gasteiger partial charge in [-0.2, -0.15) is 4.98 Å². The van der Waals surface area contributed by atoms with Crippen LogP contribution in [0.1, 0.15) is 0 Å². The molecule has 2 N–H and O–H groups in total. The van der Waals surface area contributed by atoms with Crippen LogP contribution in [0.4, 0.5) is 21.8 Å². The van der Waals surface area contributed by atoms with Gasteiger partial charge in [-0.15, -0.1) is 0 Å². The zero-order chi connectivity index (χ0) is 13.9. The Morgan fingerprint density at radius 1 is 1.15 bits per heavy atom. The molecular formula is C14H12FN5. The molecule has 0 saturated heterocycles. The lowest BCUT2D eigenvalue weighted by Crippen LogP contribution is -2.02. The van der Waals surface area contributed by atoms with Gasteiger partial charge in [0.2, 0.25) is 5.95 Å². The first-order valence-electron chi connectivity index (χ1n) is 6.08. The molecule has 0 fully saturated rings. The van der Waals surface area contributed by atoms with E-state index in [0.29, 0.717) is 5.95 Å². The van der Waals surface area contributed by atoms with Gasteiger partial charge in [-0.3, -0.25) is 4.98 Å². The Bertz CT molecular complexity index is 759. The molecule has 0 spiro atoms. The molecule has 3 rings (SSSR count). The molecule has 3 aromatic rings. The van der Waals surface area contributed by atoms with E-state index in [1.165, 1.54) is 0 Å².